The van der Waals surface area contributed by atoms with Gasteiger partial charge in [0.2, 0.25) is 0 Å². The average Bonchev–Trinajstić information content (AvgIpc) is 2.50. The Labute approximate surface area is 91.5 Å². The molecule has 0 radical (unpaired) electrons. The number of halogens is 1. The highest BCUT2D eigenvalue weighted by atomic mass is 79.9. The van der Waals surface area contributed by atoms with E-state index in [1.807, 2.05) is 6.07 Å². The van der Waals surface area contributed by atoms with Crippen molar-refractivity contribution in [1.82, 2.24) is 0 Å². The minimum Gasteiger partial charge on any atom is -0.197 e. The van der Waals surface area contributed by atoms with Crippen LogP contribution in [-0.2, 0) is 5.41 Å². The van der Waals surface area contributed by atoms with Crippen LogP contribution in [0.15, 0.2) is 12.1 Å². The molecule has 13 heavy (non-hydrogen) atoms. The first kappa shape index (κ1) is 10.7. The van der Waals surface area contributed by atoms with Gasteiger partial charge in [-0.3, -0.25) is 0 Å². The van der Waals surface area contributed by atoms with Crippen molar-refractivity contribution in [1.29, 1.82) is 5.26 Å². The molecule has 70 valence electrons. The van der Waals surface area contributed by atoms with Crippen molar-refractivity contribution in [2.45, 2.75) is 31.0 Å². The van der Waals surface area contributed by atoms with Gasteiger partial charge in [0.1, 0.15) is 4.83 Å². The Morgan fingerprint density at radius 2 is 2.08 bits per heavy atom. The highest BCUT2D eigenvalue weighted by molar-refractivity contribution is 9.09. The smallest absolute Gasteiger partial charge is 0.135 e. The maximum Gasteiger partial charge on any atom is 0.135 e. The molecule has 0 spiro atoms. The quantitative estimate of drug-likeness (QED) is 0.698. The summed E-state index contributed by atoms with van der Waals surface area (Å²) in [5, 5.41) is 8.71. The van der Waals surface area contributed by atoms with Gasteiger partial charge >= 0.3 is 0 Å². The summed E-state index contributed by atoms with van der Waals surface area (Å²) in [6.07, 6.45) is 0. The lowest BCUT2D eigenvalue weighted by atomic mass is 9.95. The third kappa shape index (κ3) is 2.55. The van der Waals surface area contributed by atoms with Crippen molar-refractivity contribution in [2.24, 2.45) is 0 Å². The first-order chi connectivity index (χ1) is 5.95. The lowest BCUT2D eigenvalue weighted by molar-refractivity contribution is 0.604. The molecular weight excluding hydrogens is 246 g/mol. The van der Waals surface area contributed by atoms with Crippen LogP contribution < -0.4 is 0 Å². The van der Waals surface area contributed by atoms with Gasteiger partial charge < -0.3 is 0 Å². The molecule has 0 aliphatic heterocycles. The largest absolute Gasteiger partial charge is 0.197 e. The second kappa shape index (κ2) is 3.81. The molecule has 0 saturated heterocycles. The second-order valence-electron chi connectivity index (χ2n) is 3.94. The summed E-state index contributed by atoms with van der Waals surface area (Å²) >= 11 is 5.02. The van der Waals surface area contributed by atoms with Gasteiger partial charge in [0.05, 0.1) is 6.07 Å². The summed E-state index contributed by atoms with van der Waals surface area (Å²) in [5.41, 5.74) is 0.186. The molecule has 0 amide bonds. The number of alkyl halides is 1. The van der Waals surface area contributed by atoms with Crippen LogP contribution in [0.5, 0.6) is 0 Å². The van der Waals surface area contributed by atoms with Gasteiger partial charge in [-0.2, -0.15) is 5.26 Å². The molecule has 0 fully saturated rings. The minimum atomic E-state index is -0.159. The number of thiophene rings is 1. The number of hydrogen-bond acceptors (Lipinski definition) is 2. The lowest BCUT2D eigenvalue weighted by Crippen LogP contribution is -2.07. The number of hydrogen-bond donors (Lipinski definition) is 0. The normalized spacial score (nSPS) is 13.8. The SMILES string of the molecule is CC(C)(C)c1ccc(C(Br)C#N)s1. The van der Waals surface area contributed by atoms with Crippen molar-refractivity contribution in [3.63, 3.8) is 0 Å². The van der Waals surface area contributed by atoms with E-state index in [4.69, 9.17) is 5.26 Å². The van der Waals surface area contributed by atoms with Crippen molar-refractivity contribution in [3.05, 3.63) is 21.9 Å². The van der Waals surface area contributed by atoms with Gasteiger partial charge in [-0.1, -0.05) is 36.7 Å². The summed E-state index contributed by atoms with van der Waals surface area (Å²) in [6, 6.07) is 6.30. The molecule has 1 rings (SSSR count). The Kier molecular flexibility index (Phi) is 3.15. The van der Waals surface area contributed by atoms with Crippen LogP contribution in [0.2, 0.25) is 0 Å². The van der Waals surface area contributed by atoms with Crippen LogP contribution in [0.4, 0.5) is 0 Å². The molecule has 3 heteroatoms. The zero-order chi connectivity index (χ0) is 10.1. The molecule has 0 N–H and O–H groups in total. The topological polar surface area (TPSA) is 23.8 Å². The molecule has 0 aliphatic rings. The predicted molar refractivity (Wildman–Crippen MR) is 60.3 cm³/mol. The summed E-state index contributed by atoms with van der Waals surface area (Å²) in [6.45, 7) is 6.54. The van der Waals surface area contributed by atoms with Gasteiger partial charge in [-0.05, 0) is 17.5 Å². The summed E-state index contributed by atoms with van der Waals surface area (Å²) in [7, 11) is 0. The van der Waals surface area contributed by atoms with Crippen molar-refractivity contribution >= 4 is 27.3 Å². The van der Waals surface area contributed by atoms with Crippen LogP contribution in [0.3, 0.4) is 0 Å². The van der Waals surface area contributed by atoms with Crippen molar-refractivity contribution < 1.29 is 0 Å². The van der Waals surface area contributed by atoms with Gasteiger partial charge in [-0.25, -0.2) is 0 Å². The van der Waals surface area contributed by atoms with Crippen molar-refractivity contribution in [3.8, 4) is 6.07 Å². The third-order valence-electron chi connectivity index (χ3n) is 1.73. The maximum atomic E-state index is 8.71. The van der Waals surface area contributed by atoms with E-state index < -0.39 is 0 Å². The van der Waals surface area contributed by atoms with Gasteiger partial charge in [0.15, 0.2) is 0 Å². The Morgan fingerprint density at radius 1 is 1.46 bits per heavy atom. The van der Waals surface area contributed by atoms with Crippen LogP contribution in [0.1, 0.15) is 35.4 Å². The molecule has 0 aliphatic carbocycles. The van der Waals surface area contributed by atoms with E-state index in [-0.39, 0.29) is 10.2 Å². The first-order valence-electron chi connectivity index (χ1n) is 4.09. The monoisotopic (exact) mass is 257 g/mol. The van der Waals surface area contributed by atoms with Crippen LogP contribution >= 0.6 is 27.3 Å². The zero-order valence-corrected chi connectivity index (χ0v) is 10.4. The van der Waals surface area contributed by atoms with Gasteiger partial charge in [0, 0.05) is 9.75 Å². The Morgan fingerprint density at radius 3 is 2.46 bits per heavy atom. The molecule has 1 aromatic rings. The molecule has 1 aromatic heterocycles. The van der Waals surface area contributed by atoms with Crippen LogP contribution in [-0.4, -0.2) is 0 Å². The van der Waals surface area contributed by atoms with E-state index in [1.54, 1.807) is 11.3 Å². The van der Waals surface area contributed by atoms with Crippen molar-refractivity contribution in [2.75, 3.05) is 0 Å². The Bertz CT molecular complexity index is 329. The standard InChI is InChI=1S/C10H12BrNS/c1-10(2,3)9-5-4-8(13-9)7(11)6-12/h4-5,7H,1-3H3. The fourth-order valence-electron chi connectivity index (χ4n) is 0.956. The molecule has 0 aromatic carbocycles. The summed E-state index contributed by atoms with van der Waals surface area (Å²) < 4.78 is 0. The molecule has 1 unspecified atom stereocenters. The Balaban J connectivity index is 2.95. The van der Waals surface area contributed by atoms with E-state index in [0.717, 1.165) is 4.88 Å². The highest BCUT2D eigenvalue weighted by Crippen LogP contribution is 2.34. The number of nitrogens with zero attached hydrogens (tertiary/aromatic N) is 1. The summed E-state index contributed by atoms with van der Waals surface area (Å²) in [5.74, 6) is 0. The Hall–Kier alpha value is -0.330. The fraction of sp³-hybridized carbons (Fsp3) is 0.500. The fourth-order valence-corrected chi connectivity index (χ4v) is 2.38. The highest BCUT2D eigenvalue weighted by Gasteiger charge is 2.18. The van der Waals surface area contributed by atoms with Gasteiger partial charge in [-0.15, -0.1) is 11.3 Å². The summed E-state index contributed by atoms with van der Waals surface area (Å²) in [4.78, 5) is 2.25. The first-order valence-corrected chi connectivity index (χ1v) is 5.82. The zero-order valence-electron chi connectivity index (χ0n) is 7.97. The van der Waals surface area contributed by atoms with E-state index in [1.165, 1.54) is 4.88 Å². The predicted octanol–water partition coefficient (Wildman–Crippen LogP) is 4.01. The molecule has 1 nitrogen and oxygen atoms in total. The van der Waals surface area contributed by atoms with Crippen LogP contribution in [0.25, 0.3) is 0 Å². The maximum absolute atomic E-state index is 8.71. The van der Waals surface area contributed by atoms with E-state index in [0.29, 0.717) is 0 Å². The second-order valence-corrected chi connectivity index (χ2v) is 5.97. The lowest BCUT2D eigenvalue weighted by Gasteiger charge is -2.15. The third-order valence-corrected chi connectivity index (χ3v) is 4.31. The molecule has 1 atom stereocenters. The van der Waals surface area contributed by atoms with E-state index in [2.05, 4.69) is 48.8 Å². The number of nitriles is 1. The molecule has 1 heterocycles. The molecular formula is C10H12BrNS. The molecule has 0 saturated carbocycles. The molecule has 0 bridgehead atoms. The van der Waals surface area contributed by atoms with Gasteiger partial charge in [0.25, 0.3) is 0 Å². The number of rotatable bonds is 1. The van der Waals surface area contributed by atoms with E-state index in [9.17, 15) is 0 Å². The van der Waals surface area contributed by atoms with Crippen LogP contribution in [0, 0.1) is 11.3 Å². The average molecular weight is 258 g/mol. The minimum absolute atomic E-state index is 0.159. The van der Waals surface area contributed by atoms with E-state index >= 15 is 0 Å².